The van der Waals surface area contributed by atoms with Crippen LogP contribution >= 0.6 is 0 Å². The highest BCUT2D eigenvalue weighted by Gasteiger charge is 2.14. The van der Waals surface area contributed by atoms with E-state index in [0.717, 1.165) is 6.07 Å². The Morgan fingerprint density at radius 3 is 2.80 bits per heavy atom. The van der Waals surface area contributed by atoms with Crippen LogP contribution in [-0.4, -0.2) is 18.1 Å². The zero-order valence-corrected chi connectivity index (χ0v) is 7.80. The molecule has 1 N–H and O–H groups in total. The number of ether oxygens (including phenoxy) is 1. The quantitative estimate of drug-likeness (QED) is 0.735. The molecule has 15 heavy (non-hydrogen) atoms. The summed E-state index contributed by atoms with van der Waals surface area (Å²) < 4.78 is 30.5. The molecule has 0 bridgehead atoms. The van der Waals surface area contributed by atoms with Crippen LogP contribution in [0.2, 0.25) is 0 Å². The zero-order valence-electron chi connectivity index (χ0n) is 7.80. The van der Waals surface area contributed by atoms with E-state index in [1.807, 2.05) is 0 Å². The number of aromatic nitrogens is 1. The molecule has 1 heterocycles. The van der Waals surface area contributed by atoms with Crippen molar-refractivity contribution < 1.29 is 18.3 Å². The Morgan fingerprint density at radius 1 is 1.40 bits per heavy atom. The Morgan fingerprint density at radius 2 is 2.13 bits per heavy atom. The number of carbonyl (C=O) groups excluding carboxylic acids is 1. The van der Waals surface area contributed by atoms with Crippen LogP contribution in [0.5, 0.6) is 0 Å². The summed E-state index contributed by atoms with van der Waals surface area (Å²) >= 11 is 0. The Balaban J connectivity index is 2.66. The van der Waals surface area contributed by atoms with E-state index in [2.05, 4.69) is 9.72 Å². The van der Waals surface area contributed by atoms with Gasteiger partial charge in [0.05, 0.1) is 7.11 Å². The van der Waals surface area contributed by atoms with E-state index in [4.69, 9.17) is 0 Å². The average molecular weight is 211 g/mol. The molecular formula is C10H7F2NO2. The van der Waals surface area contributed by atoms with Gasteiger partial charge in [-0.05, 0) is 18.2 Å². The van der Waals surface area contributed by atoms with Gasteiger partial charge >= 0.3 is 5.97 Å². The molecule has 0 aliphatic rings. The minimum absolute atomic E-state index is 0.0374. The van der Waals surface area contributed by atoms with Gasteiger partial charge in [-0.1, -0.05) is 0 Å². The van der Waals surface area contributed by atoms with Gasteiger partial charge in [-0.25, -0.2) is 13.6 Å². The average Bonchev–Trinajstić information content (AvgIpc) is 2.67. The van der Waals surface area contributed by atoms with Gasteiger partial charge < -0.3 is 9.72 Å². The van der Waals surface area contributed by atoms with Crippen LogP contribution in [0, 0.1) is 11.6 Å². The van der Waals surface area contributed by atoms with Crippen molar-refractivity contribution in [3.8, 4) is 0 Å². The molecule has 0 radical (unpaired) electrons. The number of halogens is 2. The molecule has 0 fully saturated rings. The standard InChI is InChI=1S/C10H7F2NO2/c1-15-10(14)8-4-5-7(13-8)3-2-6(11)9(5)12/h2-4,13H,1H3. The molecule has 0 saturated heterocycles. The summed E-state index contributed by atoms with van der Waals surface area (Å²) in [7, 11) is 1.21. The zero-order chi connectivity index (χ0) is 11.0. The molecule has 0 saturated carbocycles. The maximum Gasteiger partial charge on any atom is 0.354 e. The highest BCUT2D eigenvalue weighted by molar-refractivity contribution is 5.94. The minimum Gasteiger partial charge on any atom is -0.464 e. The molecule has 3 nitrogen and oxygen atoms in total. The van der Waals surface area contributed by atoms with Gasteiger partial charge in [0.1, 0.15) is 5.69 Å². The predicted octanol–water partition coefficient (Wildman–Crippen LogP) is 2.23. The van der Waals surface area contributed by atoms with Crippen LogP contribution in [0.3, 0.4) is 0 Å². The number of H-pyrrole nitrogens is 1. The van der Waals surface area contributed by atoms with Crippen LogP contribution in [0.1, 0.15) is 10.5 Å². The lowest BCUT2D eigenvalue weighted by molar-refractivity contribution is 0.0595. The normalized spacial score (nSPS) is 10.6. The second-order valence-electron chi connectivity index (χ2n) is 3.00. The van der Waals surface area contributed by atoms with Crippen molar-refractivity contribution in [2.24, 2.45) is 0 Å². The fourth-order valence-electron chi connectivity index (χ4n) is 1.36. The first kappa shape index (κ1) is 9.64. The molecule has 2 rings (SSSR count). The van der Waals surface area contributed by atoms with Crippen molar-refractivity contribution >= 4 is 16.9 Å². The van der Waals surface area contributed by atoms with Crippen molar-refractivity contribution in [2.75, 3.05) is 7.11 Å². The molecule has 0 aliphatic heterocycles. The molecule has 1 aromatic carbocycles. The van der Waals surface area contributed by atoms with E-state index in [-0.39, 0.29) is 11.1 Å². The summed E-state index contributed by atoms with van der Waals surface area (Å²) in [6, 6.07) is 3.58. The van der Waals surface area contributed by atoms with Crippen LogP contribution < -0.4 is 0 Å². The van der Waals surface area contributed by atoms with Crippen LogP contribution in [0.4, 0.5) is 8.78 Å². The van der Waals surface area contributed by atoms with E-state index >= 15 is 0 Å². The molecule has 0 atom stereocenters. The fourth-order valence-corrected chi connectivity index (χ4v) is 1.36. The molecule has 78 valence electrons. The van der Waals surface area contributed by atoms with E-state index in [0.29, 0.717) is 5.52 Å². The van der Waals surface area contributed by atoms with Gasteiger partial charge in [0, 0.05) is 10.9 Å². The third-order valence-electron chi connectivity index (χ3n) is 2.10. The maximum atomic E-state index is 13.2. The second kappa shape index (κ2) is 3.34. The van der Waals surface area contributed by atoms with Gasteiger partial charge in [0.15, 0.2) is 11.6 Å². The highest BCUT2D eigenvalue weighted by atomic mass is 19.2. The summed E-state index contributed by atoms with van der Waals surface area (Å²) in [5.41, 5.74) is 0.450. The number of aromatic amines is 1. The number of hydrogen-bond acceptors (Lipinski definition) is 2. The van der Waals surface area contributed by atoms with Gasteiger partial charge in [-0.15, -0.1) is 0 Å². The van der Waals surface area contributed by atoms with Crippen LogP contribution in [-0.2, 0) is 4.74 Å². The van der Waals surface area contributed by atoms with Crippen LogP contribution in [0.15, 0.2) is 18.2 Å². The molecule has 0 unspecified atom stereocenters. The molecule has 2 aromatic rings. The summed E-state index contributed by atoms with van der Waals surface area (Å²) in [6.07, 6.45) is 0. The molecule has 5 heteroatoms. The lowest BCUT2D eigenvalue weighted by Crippen LogP contribution is -2.00. The Bertz CT molecular complexity index is 533. The summed E-state index contributed by atoms with van der Waals surface area (Å²) in [5.74, 6) is -2.54. The SMILES string of the molecule is COC(=O)c1cc2c(F)c(F)ccc2[nH]1. The number of nitrogens with one attached hydrogen (secondary N) is 1. The fraction of sp³-hybridized carbons (Fsp3) is 0.100. The Labute approximate surface area is 83.7 Å². The van der Waals surface area contributed by atoms with Gasteiger partial charge in [0.2, 0.25) is 0 Å². The first-order chi connectivity index (χ1) is 7.13. The van der Waals surface area contributed by atoms with E-state index in [1.54, 1.807) is 0 Å². The van der Waals surface area contributed by atoms with E-state index in [1.165, 1.54) is 19.2 Å². The second-order valence-corrected chi connectivity index (χ2v) is 3.00. The molecule has 0 aliphatic carbocycles. The number of esters is 1. The number of methoxy groups -OCH3 is 1. The number of carbonyl (C=O) groups is 1. The lowest BCUT2D eigenvalue weighted by atomic mass is 10.2. The van der Waals surface area contributed by atoms with Crippen molar-refractivity contribution in [2.45, 2.75) is 0 Å². The molecule has 1 aromatic heterocycles. The largest absolute Gasteiger partial charge is 0.464 e. The predicted molar refractivity (Wildman–Crippen MR) is 49.6 cm³/mol. The third kappa shape index (κ3) is 1.45. The smallest absolute Gasteiger partial charge is 0.354 e. The maximum absolute atomic E-state index is 13.2. The molecular weight excluding hydrogens is 204 g/mol. The summed E-state index contributed by atoms with van der Waals surface area (Å²) in [4.78, 5) is 13.7. The number of fused-ring (bicyclic) bond motifs is 1. The van der Waals surface area contributed by atoms with Crippen molar-refractivity contribution in [1.82, 2.24) is 4.98 Å². The Kier molecular flexibility index (Phi) is 2.15. The van der Waals surface area contributed by atoms with Crippen molar-refractivity contribution in [1.29, 1.82) is 0 Å². The van der Waals surface area contributed by atoms with Gasteiger partial charge in [-0.3, -0.25) is 0 Å². The highest BCUT2D eigenvalue weighted by Crippen LogP contribution is 2.21. The number of hydrogen-bond donors (Lipinski definition) is 1. The van der Waals surface area contributed by atoms with E-state index < -0.39 is 17.6 Å². The monoisotopic (exact) mass is 211 g/mol. The van der Waals surface area contributed by atoms with Gasteiger partial charge in [-0.2, -0.15) is 0 Å². The minimum atomic E-state index is -0.973. The topological polar surface area (TPSA) is 42.1 Å². The molecule has 0 spiro atoms. The van der Waals surface area contributed by atoms with Crippen molar-refractivity contribution in [3.63, 3.8) is 0 Å². The number of rotatable bonds is 1. The molecule has 0 amide bonds. The van der Waals surface area contributed by atoms with Crippen molar-refractivity contribution in [3.05, 3.63) is 35.5 Å². The Hall–Kier alpha value is -1.91. The van der Waals surface area contributed by atoms with E-state index in [9.17, 15) is 13.6 Å². The third-order valence-corrected chi connectivity index (χ3v) is 2.10. The van der Waals surface area contributed by atoms with Crippen LogP contribution in [0.25, 0.3) is 10.9 Å². The lowest BCUT2D eigenvalue weighted by Gasteiger charge is -1.92. The first-order valence-electron chi connectivity index (χ1n) is 4.18. The first-order valence-corrected chi connectivity index (χ1v) is 4.18. The number of benzene rings is 1. The summed E-state index contributed by atoms with van der Waals surface area (Å²) in [6.45, 7) is 0. The van der Waals surface area contributed by atoms with Gasteiger partial charge in [0.25, 0.3) is 0 Å². The summed E-state index contributed by atoms with van der Waals surface area (Å²) in [5, 5.41) is 0.0374.